The van der Waals surface area contributed by atoms with Crippen molar-refractivity contribution in [1.82, 2.24) is 10.3 Å². The third kappa shape index (κ3) is 5.27. The van der Waals surface area contributed by atoms with Gasteiger partial charge in [0.15, 0.2) is 6.17 Å². The van der Waals surface area contributed by atoms with Crippen molar-refractivity contribution in [2.24, 2.45) is 0 Å². The minimum absolute atomic E-state index is 0.219. The van der Waals surface area contributed by atoms with Crippen molar-refractivity contribution in [3.63, 3.8) is 0 Å². The van der Waals surface area contributed by atoms with Gasteiger partial charge in [0.25, 0.3) is 0 Å². The number of methoxy groups -OCH3 is 1. The molecule has 0 spiro atoms. The van der Waals surface area contributed by atoms with Crippen molar-refractivity contribution in [2.75, 3.05) is 73.4 Å². The lowest BCUT2D eigenvalue weighted by Gasteiger charge is -2.41. The van der Waals surface area contributed by atoms with E-state index in [1.54, 1.807) is 0 Å². The standard InChI is InChI=1S/C13H28N3O5Si/c1-16(2,14-5-4-13(17)18-3)12-22-19-9-6-15(7-10-20-22)8-11-21-22/h14H,4-12H2,1-3H3/q+1. The van der Waals surface area contributed by atoms with Gasteiger partial charge in [-0.2, -0.15) is 5.43 Å². The van der Waals surface area contributed by atoms with Crippen LogP contribution in [0.25, 0.3) is 0 Å². The Labute approximate surface area is 133 Å². The fourth-order valence-electron chi connectivity index (χ4n) is 2.69. The molecule has 128 valence electrons. The molecule has 3 aliphatic heterocycles. The fraction of sp³-hybridized carbons (Fsp3) is 0.923. The molecule has 0 aromatic heterocycles. The smallest absolute Gasteiger partial charge is 0.469 e. The fourth-order valence-corrected chi connectivity index (χ4v) is 5.50. The summed E-state index contributed by atoms with van der Waals surface area (Å²) in [6.45, 7) is 5.29. The Hall–Kier alpha value is -0.553. The molecule has 0 amide bonds. The van der Waals surface area contributed by atoms with Crippen LogP contribution in [-0.2, 0) is 22.8 Å². The van der Waals surface area contributed by atoms with Gasteiger partial charge in [0.05, 0.1) is 54.0 Å². The van der Waals surface area contributed by atoms with Crippen molar-refractivity contribution in [2.45, 2.75) is 6.42 Å². The Bertz CT molecular complexity index is 356. The first-order chi connectivity index (χ1) is 10.4. The summed E-state index contributed by atoms with van der Waals surface area (Å²) in [4.78, 5) is 13.5. The number of carbonyl (C=O) groups excluding carboxylic acids is 1. The molecule has 0 aliphatic carbocycles. The number of carbonyl (C=O) groups is 1. The number of quaternary nitrogens is 1. The number of fused-ring (bicyclic) bond motifs is 6. The van der Waals surface area contributed by atoms with Crippen LogP contribution in [0, 0.1) is 0 Å². The average molecular weight is 334 g/mol. The maximum Gasteiger partial charge on any atom is 0.561 e. The lowest BCUT2D eigenvalue weighted by atomic mass is 10.4. The van der Waals surface area contributed by atoms with E-state index in [4.69, 9.17) is 13.3 Å². The molecule has 22 heavy (non-hydrogen) atoms. The van der Waals surface area contributed by atoms with Crippen molar-refractivity contribution in [3.05, 3.63) is 0 Å². The number of rotatable bonds is 6. The zero-order valence-electron chi connectivity index (χ0n) is 13.8. The summed E-state index contributed by atoms with van der Waals surface area (Å²) >= 11 is 0. The van der Waals surface area contributed by atoms with Gasteiger partial charge in [-0.1, -0.05) is 0 Å². The zero-order chi connectivity index (χ0) is 16.1. The van der Waals surface area contributed by atoms with Crippen LogP contribution in [0.15, 0.2) is 0 Å². The van der Waals surface area contributed by atoms with Crippen LogP contribution >= 0.6 is 0 Å². The molecular weight excluding hydrogens is 306 g/mol. The van der Waals surface area contributed by atoms with E-state index in [1.807, 2.05) is 14.1 Å². The van der Waals surface area contributed by atoms with Crippen molar-refractivity contribution >= 4 is 14.8 Å². The first kappa shape index (κ1) is 17.8. The maximum absolute atomic E-state index is 11.2. The molecule has 0 aromatic carbocycles. The molecule has 0 aromatic rings. The second kappa shape index (κ2) is 7.82. The zero-order valence-corrected chi connectivity index (χ0v) is 14.8. The van der Waals surface area contributed by atoms with Gasteiger partial charge in [-0.25, -0.2) is 4.59 Å². The van der Waals surface area contributed by atoms with E-state index in [-0.39, 0.29) is 5.97 Å². The molecule has 8 nitrogen and oxygen atoms in total. The van der Waals surface area contributed by atoms with Gasteiger partial charge in [0, 0.05) is 19.6 Å². The molecule has 2 bridgehead atoms. The summed E-state index contributed by atoms with van der Waals surface area (Å²) in [5.74, 6) is -0.219. The van der Waals surface area contributed by atoms with Crippen molar-refractivity contribution in [3.8, 4) is 0 Å². The number of nitrogens with one attached hydrogen (secondary N) is 1. The predicted octanol–water partition coefficient (Wildman–Crippen LogP) is -1.01. The summed E-state index contributed by atoms with van der Waals surface area (Å²) in [6, 6.07) is 0. The summed E-state index contributed by atoms with van der Waals surface area (Å²) in [6.07, 6.45) is 0.971. The molecule has 3 aliphatic rings. The highest BCUT2D eigenvalue weighted by atomic mass is 28.4. The van der Waals surface area contributed by atoms with Crippen LogP contribution in [-0.4, -0.2) is 97.6 Å². The normalized spacial score (nSPS) is 29.5. The molecule has 3 heterocycles. The quantitative estimate of drug-likeness (QED) is 0.289. The topological polar surface area (TPSA) is 69.3 Å². The van der Waals surface area contributed by atoms with Gasteiger partial charge in [-0.05, 0) is 0 Å². The van der Waals surface area contributed by atoms with Crippen LogP contribution < -0.4 is 5.43 Å². The summed E-state index contributed by atoms with van der Waals surface area (Å²) in [7, 11) is 2.77. The molecule has 0 radical (unpaired) electrons. The van der Waals surface area contributed by atoms with E-state index in [1.165, 1.54) is 7.11 Å². The van der Waals surface area contributed by atoms with E-state index >= 15 is 0 Å². The minimum Gasteiger partial charge on any atom is -0.469 e. The highest BCUT2D eigenvalue weighted by Gasteiger charge is 2.50. The lowest BCUT2D eigenvalue weighted by Crippen LogP contribution is -2.67. The third-order valence-electron chi connectivity index (χ3n) is 3.87. The van der Waals surface area contributed by atoms with Gasteiger partial charge in [0.1, 0.15) is 0 Å². The average Bonchev–Trinajstić information content (AvgIpc) is 2.39. The molecule has 3 fully saturated rings. The van der Waals surface area contributed by atoms with Crippen LogP contribution in [0.5, 0.6) is 0 Å². The van der Waals surface area contributed by atoms with E-state index < -0.39 is 8.80 Å². The molecule has 9 heteroatoms. The summed E-state index contributed by atoms with van der Waals surface area (Å²) in [5, 5.41) is 0. The van der Waals surface area contributed by atoms with Gasteiger partial charge in [0.2, 0.25) is 0 Å². The summed E-state index contributed by atoms with van der Waals surface area (Å²) < 4.78 is 23.2. The van der Waals surface area contributed by atoms with Crippen LogP contribution in [0.3, 0.4) is 0 Å². The molecule has 3 rings (SSSR count). The number of hydrogen-bond acceptors (Lipinski definition) is 7. The second-order valence-electron chi connectivity index (χ2n) is 6.15. The highest BCUT2D eigenvalue weighted by Crippen LogP contribution is 2.18. The number of hydrogen-bond donors (Lipinski definition) is 1. The molecule has 0 unspecified atom stereocenters. The molecule has 0 saturated carbocycles. The van der Waals surface area contributed by atoms with Gasteiger partial charge in [-0.3, -0.25) is 9.69 Å². The van der Waals surface area contributed by atoms with Crippen LogP contribution in [0.4, 0.5) is 0 Å². The van der Waals surface area contributed by atoms with Gasteiger partial charge >= 0.3 is 14.8 Å². The highest BCUT2D eigenvalue weighted by molar-refractivity contribution is 6.60. The Morgan fingerprint density at radius 1 is 1.18 bits per heavy atom. The van der Waals surface area contributed by atoms with Crippen molar-refractivity contribution < 1.29 is 27.4 Å². The third-order valence-corrected chi connectivity index (χ3v) is 6.98. The predicted molar refractivity (Wildman–Crippen MR) is 81.7 cm³/mol. The SMILES string of the molecule is COC(=O)CCN[N+](C)(C)C[Si]12OCCN(CCO1)CCO2. The molecular formula is C13H28N3O5Si+. The maximum atomic E-state index is 11.2. The molecule has 0 atom stereocenters. The van der Waals surface area contributed by atoms with E-state index in [2.05, 4.69) is 15.1 Å². The first-order valence-electron chi connectivity index (χ1n) is 7.74. The minimum atomic E-state index is -2.68. The lowest BCUT2D eigenvalue weighted by molar-refractivity contribution is -0.926. The van der Waals surface area contributed by atoms with E-state index in [9.17, 15) is 4.79 Å². The Kier molecular flexibility index (Phi) is 6.32. The van der Waals surface area contributed by atoms with E-state index in [0.29, 0.717) is 43.5 Å². The van der Waals surface area contributed by atoms with Crippen molar-refractivity contribution in [1.29, 1.82) is 0 Å². The van der Waals surface area contributed by atoms with E-state index in [0.717, 1.165) is 19.6 Å². The monoisotopic (exact) mass is 334 g/mol. The largest absolute Gasteiger partial charge is 0.561 e. The number of ether oxygens (including phenoxy) is 1. The number of nitrogens with zero attached hydrogens (tertiary/aromatic N) is 2. The first-order valence-corrected chi connectivity index (χ1v) is 9.67. The Balaban J connectivity index is 1.91. The Morgan fingerprint density at radius 3 is 2.23 bits per heavy atom. The van der Waals surface area contributed by atoms with Crippen LogP contribution in [0.2, 0.25) is 0 Å². The number of esters is 1. The second-order valence-corrected chi connectivity index (χ2v) is 8.70. The van der Waals surface area contributed by atoms with Crippen LogP contribution in [0.1, 0.15) is 6.42 Å². The molecule has 3 saturated heterocycles. The molecule has 1 N–H and O–H groups in total. The van der Waals surface area contributed by atoms with Gasteiger partial charge < -0.3 is 18.0 Å². The van der Waals surface area contributed by atoms with Gasteiger partial charge in [-0.15, -0.1) is 0 Å². The Morgan fingerprint density at radius 2 is 1.73 bits per heavy atom. The summed E-state index contributed by atoms with van der Waals surface area (Å²) in [5.41, 5.74) is 3.32.